The van der Waals surface area contributed by atoms with Crippen molar-refractivity contribution in [3.63, 3.8) is 0 Å². The molecule has 0 aromatic heterocycles. The zero-order chi connectivity index (χ0) is 15.1. The van der Waals surface area contributed by atoms with Gasteiger partial charge in [0.2, 0.25) is 18.2 Å². The first-order valence-electron chi connectivity index (χ1n) is 4.90. The maximum absolute atomic E-state index is 8.35. The molecule has 0 bridgehead atoms. The number of nitrogens with one attached hydrogen (secondary N) is 3. The molecular formula is C10H17Cl2N3O3. The summed E-state index contributed by atoms with van der Waals surface area (Å²) in [5, 5.41) is 16.2. The number of halogens is 2. The molecule has 0 aliphatic heterocycles. The molecule has 0 heterocycles. The van der Waals surface area contributed by atoms with Gasteiger partial charge in [0.05, 0.1) is 0 Å². The van der Waals surface area contributed by atoms with E-state index in [9.17, 15) is 0 Å². The molecule has 8 heteroatoms. The Hall–Kier alpha value is -1.28. The van der Waals surface area contributed by atoms with Crippen molar-refractivity contribution >= 4 is 41.4 Å². The van der Waals surface area contributed by atoms with Crippen molar-refractivity contribution in [3.05, 3.63) is 0 Å². The Balaban J connectivity index is -0.0000000902. The second-order valence-corrected chi connectivity index (χ2v) is 3.21. The van der Waals surface area contributed by atoms with Gasteiger partial charge in [-0.1, -0.05) is 19.3 Å². The van der Waals surface area contributed by atoms with E-state index in [1.807, 2.05) is 0 Å². The van der Waals surface area contributed by atoms with E-state index in [4.69, 9.17) is 53.8 Å². The largest absolute Gasteiger partial charge is 0.231 e. The Morgan fingerprint density at radius 3 is 0.944 bits per heavy atom. The predicted molar refractivity (Wildman–Crippen MR) is 69.8 cm³/mol. The maximum atomic E-state index is 8.35. The van der Waals surface area contributed by atoms with Gasteiger partial charge in [0, 0.05) is 11.8 Å². The zero-order valence-corrected chi connectivity index (χ0v) is 11.4. The fraction of sp³-hybridized carbons (Fsp3) is 0.700. The molecule has 0 amide bonds. The molecule has 0 radical (unpaired) electrons. The molecule has 0 aromatic carbocycles. The number of isocyanates is 3. The van der Waals surface area contributed by atoms with Crippen LogP contribution in [0.25, 0.3) is 0 Å². The quantitative estimate of drug-likeness (QED) is 0.302. The van der Waals surface area contributed by atoms with Gasteiger partial charge in [-0.15, -0.1) is 23.2 Å². The van der Waals surface area contributed by atoms with Gasteiger partial charge in [0.1, 0.15) is 0 Å². The van der Waals surface area contributed by atoms with Crippen LogP contribution in [-0.4, -0.2) is 30.0 Å². The highest BCUT2D eigenvalue weighted by Gasteiger charge is 1.87. The SMILES string of the molecule is ClCCCCCCCCl.N=C=O.N=C=O.N=C=O. The van der Waals surface area contributed by atoms with Gasteiger partial charge in [-0.25, -0.2) is 30.6 Å². The van der Waals surface area contributed by atoms with Crippen LogP contribution < -0.4 is 0 Å². The lowest BCUT2D eigenvalue weighted by Gasteiger charge is -1.94. The van der Waals surface area contributed by atoms with Crippen molar-refractivity contribution < 1.29 is 14.4 Å². The molecule has 0 aromatic rings. The van der Waals surface area contributed by atoms with E-state index in [-0.39, 0.29) is 0 Å². The number of hydrogen-bond acceptors (Lipinski definition) is 6. The second kappa shape index (κ2) is 44.8. The molecular weight excluding hydrogens is 281 g/mol. The van der Waals surface area contributed by atoms with Crippen LogP contribution >= 0.6 is 23.2 Å². The van der Waals surface area contributed by atoms with Gasteiger partial charge in [-0.05, 0) is 12.8 Å². The van der Waals surface area contributed by atoms with Crippen LogP contribution in [-0.2, 0) is 14.4 Å². The first-order valence-corrected chi connectivity index (χ1v) is 5.97. The Morgan fingerprint density at radius 2 is 0.778 bits per heavy atom. The number of rotatable bonds is 6. The standard InChI is InChI=1S/C7H14Cl2.3CHNO/c8-6-4-2-1-3-5-7-9;3*2-1-3/h1-7H2;3*2H. The third-order valence-electron chi connectivity index (χ3n) is 1.27. The van der Waals surface area contributed by atoms with Gasteiger partial charge < -0.3 is 0 Å². The summed E-state index contributed by atoms with van der Waals surface area (Å²) in [4.78, 5) is 25.0. The Bertz CT molecular complexity index is 198. The van der Waals surface area contributed by atoms with Gasteiger partial charge >= 0.3 is 0 Å². The van der Waals surface area contributed by atoms with E-state index < -0.39 is 0 Å². The first kappa shape index (κ1) is 25.5. The van der Waals surface area contributed by atoms with E-state index in [2.05, 4.69) is 0 Å². The molecule has 0 unspecified atom stereocenters. The van der Waals surface area contributed by atoms with E-state index in [0.717, 1.165) is 42.8 Å². The summed E-state index contributed by atoms with van der Waals surface area (Å²) in [6.07, 6.45) is 8.38. The molecule has 0 atom stereocenters. The summed E-state index contributed by atoms with van der Waals surface area (Å²) in [6, 6.07) is 0. The lowest BCUT2D eigenvalue weighted by atomic mass is 10.2. The lowest BCUT2D eigenvalue weighted by molar-refractivity contribution is 0.562. The highest BCUT2D eigenvalue weighted by molar-refractivity contribution is 6.18. The minimum Gasteiger partial charge on any atom is -0.222 e. The van der Waals surface area contributed by atoms with Gasteiger partial charge in [0.25, 0.3) is 0 Å². The minimum absolute atomic E-state index is 0.750. The molecule has 6 nitrogen and oxygen atoms in total. The second-order valence-electron chi connectivity index (χ2n) is 2.45. The summed E-state index contributed by atoms with van der Waals surface area (Å²) in [5.41, 5.74) is 0. The van der Waals surface area contributed by atoms with Crippen molar-refractivity contribution in [1.82, 2.24) is 0 Å². The fourth-order valence-corrected chi connectivity index (χ4v) is 1.10. The zero-order valence-electron chi connectivity index (χ0n) is 9.93. The molecule has 0 aliphatic rings. The van der Waals surface area contributed by atoms with Gasteiger partial charge in [-0.2, -0.15) is 0 Å². The van der Waals surface area contributed by atoms with Crippen molar-refractivity contribution in [2.24, 2.45) is 0 Å². The fourth-order valence-electron chi connectivity index (χ4n) is 0.719. The monoisotopic (exact) mass is 297 g/mol. The highest BCUT2D eigenvalue weighted by Crippen LogP contribution is 2.03. The minimum atomic E-state index is 0.750. The molecule has 0 saturated heterocycles. The molecule has 0 spiro atoms. The Kier molecular flexibility index (Phi) is 63.6. The Labute approximate surface area is 116 Å². The average Bonchev–Trinajstić information content (AvgIpc) is 2.32. The van der Waals surface area contributed by atoms with Crippen molar-refractivity contribution in [1.29, 1.82) is 16.2 Å². The van der Waals surface area contributed by atoms with Crippen LogP contribution in [0.2, 0.25) is 0 Å². The number of alkyl halides is 2. The number of hydrogen-bond donors (Lipinski definition) is 3. The summed E-state index contributed by atoms with van der Waals surface area (Å²) < 4.78 is 0. The maximum Gasteiger partial charge on any atom is 0.231 e. The topological polar surface area (TPSA) is 123 Å². The summed E-state index contributed by atoms with van der Waals surface area (Å²) in [7, 11) is 0. The summed E-state index contributed by atoms with van der Waals surface area (Å²) in [6.45, 7) is 0. The third-order valence-corrected chi connectivity index (χ3v) is 1.80. The van der Waals surface area contributed by atoms with Crippen LogP contribution in [0.4, 0.5) is 0 Å². The van der Waals surface area contributed by atoms with Gasteiger partial charge in [-0.3, -0.25) is 0 Å². The van der Waals surface area contributed by atoms with Gasteiger partial charge in [0.15, 0.2) is 0 Å². The normalized spacial score (nSPS) is 6.33. The smallest absolute Gasteiger partial charge is 0.222 e. The van der Waals surface area contributed by atoms with Crippen LogP contribution in [0.1, 0.15) is 32.1 Å². The van der Waals surface area contributed by atoms with Crippen LogP contribution in [0.5, 0.6) is 0 Å². The molecule has 104 valence electrons. The predicted octanol–water partition coefficient (Wildman–Crippen LogP) is 3.12. The van der Waals surface area contributed by atoms with Crippen molar-refractivity contribution in [2.45, 2.75) is 32.1 Å². The molecule has 0 rings (SSSR count). The summed E-state index contributed by atoms with van der Waals surface area (Å²) >= 11 is 11.0. The molecule has 3 N–H and O–H groups in total. The average molecular weight is 298 g/mol. The Morgan fingerprint density at radius 1 is 0.611 bits per heavy atom. The first-order chi connectivity index (χ1) is 8.66. The van der Waals surface area contributed by atoms with E-state index in [1.165, 1.54) is 19.3 Å². The van der Waals surface area contributed by atoms with Crippen LogP contribution in [0, 0.1) is 16.2 Å². The third kappa shape index (κ3) is 124. The lowest BCUT2D eigenvalue weighted by Crippen LogP contribution is -1.80. The highest BCUT2D eigenvalue weighted by atomic mass is 35.5. The number of carbonyl (C=O) groups excluding carboxylic acids is 3. The van der Waals surface area contributed by atoms with Crippen molar-refractivity contribution in [3.8, 4) is 0 Å². The molecule has 0 aliphatic carbocycles. The van der Waals surface area contributed by atoms with Crippen molar-refractivity contribution in [2.75, 3.05) is 11.8 Å². The van der Waals surface area contributed by atoms with Crippen LogP contribution in [0.3, 0.4) is 0 Å². The molecule has 0 fully saturated rings. The van der Waals surface area contributed by atoms with E-state index >= 15 is 0 Å². The molecule has 18 heavy (non-hydrogen) atoms. The van der Waals surface area contributed by atoms with E-state index in [0.29, 0.717) is 0 Å². The number of unbranched alkanes of at least 4 members (excludes halogenated alkanes) is 4. The molecule has 0 saturated carbocycles. The summed E-state index contributed by atoms with van der Waals surface area (Å²) in [5.74, 6) is 1.61. The van der Waals surface area contributed by atoms with E-state index in [1.54, 1.807) is 0 Å². The van der Waals surface area contributed by atoms with Crippen LogP contribution in [0.15, 0.2) is 0 Å².